The smallest absolute Gasteiger partial charge is 0.211 e. The van der Waals surface area contributed by atoms with Crippen LogP contribution >= 0.6 is 33.9 Å². The van der Waals surface area contributed by atoms with Gasteiger partial charge in [-0.2, -0.15) is 0 Å². The van der Waals surface area contributed by atoms with E-state index in [9.17, 15) is 0 Å². The lowest BCUT2D eigenvalue weighted by Crippen LogP contribution is -2.27. The molecule has 3 rings (SSSR count). The van der Waals surface area contributed by atoms with Crippen molar-refractivity contribution in [3.05, 3.63) is 37.2 Å². The average Bonchev–Trinajstić information content (AvgIpc) is 2.95. The Morgan fingerprint density at radius 1 is 1.58 bits per heavy atom. The van der Waals surface area contributed by atoms with E-state index < -0.39 is 0 Å². The number of hydrogen-bond acceptors (Lipinski definition) is 4. The van der Waals surface area contributed by atoms with Gasteiger partial charge in [0.25, 0.3) is 0 Å². The number of aryl methyl sites for hydroxylation is 2. The Hall–Kier alpha value is -0.400. The lowest BCUT2D eigenvalue weighted by molar-refractivity contribution is 0.353. The fourth-order valence-electron chi connectivity index (χ4n) is 2.64. The van der Waals surface area contributed by atoms with Crippen LogP contribution in [0.1, 0.15) is 53.9 Å². The van der Waals surface area contributed by atoms with Gasteiger partial charge >= 0.3 is 0 Å². The first-order valence-corrected chi connectivity index (χ1v) is 8.49. The number of oxazole rings is 1. The fraction of sp³-hybridized carbons (Fsp3) is 0.500. The van der Waals surface area contributed by atoms with E-state index in [1.54, 1.807) is 11.1 Å². The monoisotopic (exact) mass is 388 g/mol. The van der Waals surface area contributed by atoms with Crippen LogP contribution in [0.2, 0.25) is 0 Å². The van der Waals surface area contributed by atoms with Gasteiger partial charge in [-0.15, -0.1) is 11.3 Å². The van der Waals surface area contributed by atoms with Crippen LogP contribution in [0.5, 0.6) is 0 Å². The summed E-state index contributed by atoms with van der Waals surface area (Å²) in [6, 6.07) is 2.92. The first-order chi connectivity index (χ1) is 9.13. The summed E-state index contributed by atoms with van der Waals surface area (Å²) in [7, 11) is 0. The zero-order valence-corrected chi connectivity index (χ0v) is 14.0. The van der Waals surface area contributed by atoms with Gasteiger partial charge in [0.05, 0.1) is 15.1 Å². The molecule has 0 aliphatic heterocycles. The van der Waals surface area contributed by atoms with Gasteiger partial charge in [0.2, 0.25) is 5.89 Å². The van der Waals surface area contributed by atoms with Gasteiger partial charge in [-0.1, -0.05) is 0 Å². The molecular formula is C14H17IN2OS. The quantitative estimate of drug-likeness (QED) is 0.794. The highest BCUT2D eigenvalue weighted by atomic mass is 127. The highest BCUT2D eigenvalue weighted by Gasteiger charge is 2.25. The first kappa shape index (κ1) is 13.6. The van der Waals surface area contributed by atoms with Gasteiger partial charge in [-0.3, -0.25) is 5.32 Å². The van der Waals surface area contributed by atoms with Gasteiger partial charge in [0.1, 0.15) is 5.76 Å². The molecule has 2 aromatic heterocycles. The van der Waals surface area contributed by atoms with E-state index in [0.29, 0.717) is 6.04 Å². The average molecular weight is 388 g/mol. The van der Waals surface area contributed by atoms with E-state index in [0.717, 1.165) is 11.7 Å². The maximum atomic E-state index is 5.61. The largest absolute Gasteiger partial charge is 0.444 e. The number of nitrogens with one attached hydrogen (secondary N) is 1. The second-order valence-electron chi connectivity index (χ2n) is 5.07. The summed E-state index contributed by atoms with van der Waals surface area (Å²) >= 11 is 4.35. The summed E-state index contributed by atoms with van der Waals surface area (Å²) in [4.78, 5) is 5.86. The molecule has 0 radical (unpaired) electrons. The summed E-state index contributed by atoms with van der Waals surface area (Å²) in [5.74, 6) is 1.66. The fourth-order valence-corrected chi connectivity index (χ4v) is 4.76. The number of thiophene rings is 1. The molecule has 5 heteroatoms. The summed E-state index contributed by atoms with van der Waals surface area (Å²) < 4.78 is 6.99. The van der Waals surface area contributed by atoms with Crippen molar-refractivity contribution in [3.63, 3.8) is 0 Å². The van der Waals surface area contributed by atoms with Crippen molar-refractivity contribution in [2.45, 2.75) is 45.2 Å². The maximum absolute atomic E-state index is 5.61. The number of hydrogen-bond donors (Lipinski definition) is 1. The molecule has 0 bridgehead atoms. The van der Waals surface area contributed by atoms with E-state index in [-0.39, 0.29) is 6.04 Å². The summed E-state index contributed by atoms with van der Waals surface area (Å²) in [5.41, 5.74) is 1.48. The number of rotatable bonds is 3. The predicted octanol–water partition coefficient (Wildman–Crippen LogP) is 4.38. The van der Waals surface area contributed by atoms with Crippen molar-refractivity contribution in [3.8, 4) is 0 Å². The number of fused-ring (bicyclic) bond motifs is 1. The molecule has 2 aromatic rings. The van der Waals surface area contributed by atoms with Gasteiger partial charge in [-0.25, -0.2) is 4.98 Å². The summed E-state index contributed by atoms with van der Waals surface area (Å²) in [6.07, 6.45) is 5.48. The Morgan fingerprint density at radius 3 is 3.16 bits per heavy atom. The Kier molecular flexibility index (Phi) is 3.96. The number of halogens is 1. The minimum absolute atomic E-state index is 0.155. The molecule has 0 fully saturated rings. The lowest BCUT2D eigenvalue weighted by Gasteiger charge is -2.26. The van der Waals surface area contributed by atoms with E-state index in [2.05, 4.69) is 45.9 Å². The van der Waals surface area contributed by atoms with Crippen LogP contribution in [0.15, 0.2) is 16.7 Å². The van der Waals surface area contributed by atoms with E-state index in [1.165, 1.54) is 27.7 Å². The molecule has 1 aliphatic carbocycles. The zero-order valence-electron chi connectivity index (χ0n) is 11.1. The lowest BCUT2D eigenvalue weighted by atomic mass is 9.93. The predicted molar refractivity (Wildman–Crippen MR) is 85.5 cm³/mol. The molecule has 1 N–H and O–H groups in total. The van der Waals surface area contributed by atoms with Crippen molar-refractivity contribution in [1.82, 2.24) is 10.3 Å². The Balaban J connectivity index is 1.77. The highest BCUT2D eigenvalue weighted by Crippen LogP contribution is 2.37. The number of nitrogens with zero attached hydrogens (tertiary/aromatic N) is 1. The Labute approximate surface area is 131 Å². The molecule has 1 aliphatic rings. The van der Waals surface area contributed by atoms with E-state index in [1.807, 2.05) is 18.3 Å². The minimum atomic E-state index is 0.155. The minimum Gasteiger partial charge on any atom is -0.444 e. The third-order valence-electron chi connectivity index (χ3n) is 3.54. The van der Waals surface area contributed by atoms with Crippen molar-refractivity contribution < 1.29 is 4.42 Å². The summed E-state index contributed by atoms with van der Waals surface area (Å²) in [5, 5.41) is 3.67. The molecule has 0 spiro atoms. The van der Waals surface area contributed by atoms with Crippen molar-refractivity contribution in [2.75, 3.05) is 0 Å². The Bertz CT molecular complexity index is 578. The second-order valence-corrected chi connectivity index (χ2v) is 8.10. The molecule has 0 saturated carbocycles. The van der Waals surface area contributed by atoms with Gasteiger partial charge in [0, 0.05) is 10.9 Å². The Morgan fingerprint density at radius 2 is 2.42 bits per heavy atom. The van der Waals surface area contributed by atoms with Crippen LogP contribution in [0.4, 0.5) is 0 Å². The van der Waals surface area contributed by atoms with Crippen LogP contribution in [-0.4, -0.2) is 4.98 Å². The second kappa shape index (κ2) is 5.54. The third-order valence-corrected chi connectivity index (χ3v) is 5.52. The molecule has 2 unspecified atom stereocenters. The van der Waals surface area contributed by atoms with Crippen molar-refractivity contribution in [1.29, 1.82) is 0 Å². The summed E-state index contributed by atoms with van der Waals surface area (Å²) in [6.45, 7) is 4.06. The van der Waals surface area contributed by atoms with Crippen molar-refractivity contribution in [2.24, 2.45) is 0 Å². The molecule has 2 heterocycles. The van der Waals surface area contributed by atoms with Crippen LogP contribution in [0.3, 0.4) is 0 Å². The van der Waals surface area contributed by atoms with Gasteiger partial charge in [-0.05, 0) is 67.3 Å². The molecule has 2 atom stereocenters. The molecule has 102 valence electrons. The van der Waals surface area contributed by atoms with Gasteiger partial charge < -0.3 is 4.42 Å². The SMILES string of the molecule is Cc1cnc(C(C)NC2CCCc3sc(I)cc32)o1. The molecule has 0 amide bonds. The van der Waals surface area contributed by atoms with Crippen LogP contribution in [0, 0.1) is 9.81 Å². The molecular weight excluding hydrogens is 371 g/mol. The van der Waals surface area contributed by atoms with Crippen LogP contribution < -0.4 is 5.32 Å². The standard InChI is InChI=1S/C14H17IN2OS/c1-8-7-16-14(18-8)9(2)17-11-4-3-5-12-10(11)6-13(15)19-12/h6-7,9,11,17H,3-5H2,1-2H3. The van der Waals surface area contributed by atoms with E-state index in [4.69, 9.17) is 4.42 Å². The van der Waals surface area contributed by atoms with Gasteiger partial charge in [0.15, 0.2) is 0 Å². The van der Waals surface area contributed by atoms with Crippen LogP contribution in [0.25, 0.3) is 0 Å². The normalized spacial score (nSPS) is 20.3. The molecule has 0 saturated heterocycles. The molecule has 0 aromatic carbocycles. The molecule has 19 heavy (non-hydrogen) atoms. The number of aromatic nitrogens is 1. The van der Waals surface area contributed by atoms with Crippen molar-refractivity contribution >= 4 is 33.9 Å². The first-order valence-electron chi connectivity index (χ1n) is 6.60. The van der Waals surface area contributed by atoms with Crippen LogP contribution in [-0.2, 0) is 6.42 Å². The highest BCUT2D eigenvalue weighted by molar-refractivity contribution is 14.1. The topological polar surface area (TPSA) is 38.1 Å². The third kappa shape index (κ3) is 2.87. The maximum Gasteiger partial charge on any atom is 0.211 e. The molecule has 3 nitrogen and oxygen atoms in total. The zero-order chi connectivity index (χ0) is 13.4. The van der Waals surface area contributed by atoms with E-state index >= 15 is 0 Å².